The molecule has 1 unspecified atom stereocenters. The zero-order valence-corrected chi connectivity index (χ0v) is 11.8. The van der Waals surface area contributed by atoms with E-state index in [1.54, 1.807) is 12.1 Å². The first-order valence-electron chi connectivity index (χ1n) is 7.03. The number of methoxy groups -OCH3 is 1. The number of benzene rings is 1. The van der Waals surface area contributed by atoms with E-state index in [0.717, 1.165) is 37.9 Å². The molecule has 1 aromatic rings. The van der Waals surface area contributed by atoms with Crippen LogP contribution in [-0.2, 0) is 4.74 Å². The normalized spacial score (nSPS) is 18.3. The molecule has 1 fully saturated rings. The van der Waals surface area contributed by atoms with E-state index >= 15 is 0 Å². The van der Waals surface area contributed by atoms with E-state index in [0.29, 0.717) is 17.3 Å². The summed E-state index contributed by atoms with van der Waals surface area (Å²) in [5.74, 6) is -0.361. The number of nitrogens with zero attached hydrogens (tertiary/aromatic N) is 1. The number of hydrogen-bond acceptors (Lipinski definition) is 5. The fourth-order valence-corrected chi connectivity index (χ4v) is 2.91. The van der Waals surface area contributed by atoms with Gasteiger partial charge in [-0.1, -0.05) is 6.07 Å². The largest absolute Gasteiger partial charge is 0.465 e. The molecule has 5 heteroatoms. The van der Waals surface area contributed by atoms with Crippen LogP contribution in [0.2, 0.25) is 0 Å². The number of aliphatic hydroxyl groups is 1. The highest BCUT2D eigenvalue weighted by Crippen LogP contribution is 2.35. The molecule has 3 N–H and O–H groups in total. The number of rotatable bonds is 5. The van der Waals surface area contributed by atoms with Crippen LogP contribution in [0.15, 0.2) is 18.2 Å². The van der Waals surface area contributed by atoms with Crippen molar-refractivity contribution in [1.82, 2.24) is 0 Å². The molecule has 0 bridgehead atoms. The highest BCUT2D eigenvalue weighted by Gasteiger charge is 2.29. The number of carbonyl (C=O) groups excluding carboxylic acids is 1. The number of anilines is 2. The number of esters is 1. The Morgan fingerprint density at radius 3 is 3.05 bits per heavy atom. The molecule has 0 aromatic heterocycles. The Morgan fingerprint density at radius 1 is 1.55 bits per heavy atom. The minimum Gasteiger partial charge on any atom is -0.465 e. The van der Waals surface area contributed by atoms with Crippen molar-refractivity contribution in [2.45, 2.75) is 31.7 Å². The van der Waals surface area contributed by atoms with Crippen LogP contribution in [0.4, 0.5) is 11.4 Å². The SMILES string of the molecule is COC(=O)c1cccc(N)c1N1CCCC1CCCO. The smallest absolute Gasteiger partial charge is 0.340 e. The van der Waals surface area contributed by atoms with E-state index in [2.05, 4.69) is 4.90 Å². The number of hydrogen-bond donors (Lipinski definition) is 2. The minimum atomic E-state index is -0.361. The van der Waals surface area contributed by atoms with E-state index in [4.69, 9.17) is 15.6 Å². The zero-order chi connectivity index (χ0) is 14.5. The topological polar surface area (TPSA) is 75.8 Å². The Kier molecular flexibility index (Phi) is 4.84. The summed E-state index contributed by atoms with van der Waals surface area (Å²) >= 11 is 0. The van der Waals surface area contributed by atoms with Gasteiger partial charge in [0, 0.05) is 19.2 Å². The lowest BCUT2D eigenvalue weighted by Crippen LogP contribution is -2.31. The summed E-state index contributed by atoms with van der Waals surface area (Å²) < 4.78 is 4.85. The van der Waals surface area contributed by atoms with E-state index in [1.807, 2.05) is 6.07 Å². The van der Waals surface area contributed by atoms with Gasteiger partial charge in [0.2, 0.25) is 0 Å². The number of nitrogen functional groups attached to an aromatic ring is 1. The van der Waals surface area contributed by atoms with Crippen LogP contribution in [0, 0.1) is 0 Å². The number of ether oxygens (including phenoxy) is 1. The molecule has 0 spiro atoms. The minimum absolute atomic E-state index is 0.193. The van der Waals surface area contributed by atoms with Gasteiger partial charge in [-0.05, 0) is 37.8 Å². The van der Waals surface area contributed by atoms with Crippen molar-refractivity contribution in [2.75, 3.05) is 30.9 Å². The van der Waals surface area contributed by atoms with E-state index < -0.39 is 0 Å². The molecule has 5 nitrogen and oxygen atoms in total. The van der Waals surface area contributed by atoms with Crippen LogP contribution in [0.25, 0.3) is 0 Å². The lowest BCUT2D eigenvalue weighted by molar-refractivity contribution is 0.0601. The van der Waals surface area contributed by atoms with Crippen molar-refractivity contribution in [3.8, 4) is 0 Å². The average Bonchev–Trinajstić information content (AvgIpc) is 2.91. The predicted octanol–water partition coefficient (Wildman–Crippen LogP) is 1.80. The lowest BCUT2D eigenvalue weighted by atomic mass is 10.1. The summed E-state index contributed by atoms with van der Waals surface area (Å²) in [6, 6.07) is 5.65. The molecule has 1 aliphatic rings. The van der Waals surface area contributed by atoms with Crippen LogP contribution in [0.5, 0.6) is 0 Å². The summed E-state index contributed by atoms with van der Waals surface area (Å²) in [6.07, 6.45) is 3.81. The molecule has 1 aliphatic heterocycles. The second-order valence-corrected chi connectivity index (χ2v) is 5.09. The van der Waals surface area contributed by atoms with Gasteiger partial charge in [0.05, 0.1) is 24.0 Å². The van der Waals surface area contributed by atoms with E-state index in [-0.39, 0.29) is 12.6 Å². The summed E-state index contributed by atoms with van der Waals surface area (Å²) in [5.41, 5.74) is 7.98. The number of para-hydroxylation sites is 1. The van der Waals surface area contributed by atoms with Crippen molar-refractivity contribution in [2.24, 2.45) is 0 Å². The average molecular weight is 278 g/mol. The van der Waals surface area contributed by atoms with Gasteiger partial charge < -0.3 is 20.5 Å². The number of carbonyl (C=O) groups is 1. The van der Waals surface area contributed by atoms with Crippen molar-refractivity contribution in [3.05, 3.63) is 23.8 Å². The monoisotopic (exact) mass is 278 g/mol. The molecule has 0 amide bonds. The van der Waals surface area contributed by atoms with Crippen molar-refractivity contribution in [1.29, 1.82) is 0 Å². The highest BCUT2D eigenvalue weighted by molar-refractivity contribution is 5.99. The molecule has 20 heavy (non-hydrogen) atoms. The Labute approximate surface area is 119 Å². The van der Waals surface area contributed by atoms with Gasteiger partial charge in [-0.2, -0.15) is 0 Å². The van der Waals surface area contributed by atoms with Gasteiger partial charge in [-0.25, -0.2) is 4.79 Å². The highest BCUT2D eigenvalue weighted by atomic mass is 16.5. The predicted molar refractivity (Wildman–Crippen MR) is 78.9 cm³/mol. The van der Waals surface area contributed by atoms with Crippen LogP contribution < -0.4 is 10.6 Å². The Hall–Kier alpha value is -1.75. The first-order valence-corrected chi connectivity index (χ1v) is 7.03. The molecule has 0 aliphatic carbocycles. The van der Waals surface area contributed by atoms with Crippen LogP contribution in [0.1, 0.15) is 36.0 Å². The Morgan fingerprint density at radius 2 is 2.35 bits per heavy atom. The van der Waals surface area contributed by atoms with Crippen molar-refractivity contribution >= 4 is 17.3 Å². The van der Waals surface area contributed by atoms with Crippen molar-refractivity contribution in [3.63, 3.8) is 0 Å². The molecule has 110 valence electrons. The van der Waals surface area contributed by atoms with Gasteiger partial charge in [-0.3, -0.25) is 0 Å². The lowest BCUT2D eigenvalue weighted by Gasteiger charge is -2.29. The van der Waals surface area contributed by atoms with Crippen LogP contribution >= 0.6 is 0 Å². The molecule has 1 saturated heterocycles. The third-order valence-electron chi connectivity index (χ3n) is 3.83. The van der Waals surface area contributed by atoms with E-state index in [1.165, 1.54) is 7.11 Å². The fraction of sp³-hybridized carbons (Fsp3) is 0.533. The first kappa shape index (κ1) is 14.7. The maximum atomic E-state index is 11.9. The number of nitrogens with two attached hydrogens (primary N) is 1. The maximum Gasteiger partial charge on any atom is 0.340 e. The zero-order valence-electron chi connectivity index (χ0n) is 11.8. The van der Waals surface area contributed by atoms with Gasteiger partial charge >= 0.3 is 5.97 Å². The van der Waals surface area contributed by atoms with Gasteiger partial charge in [0.25, 0.3) is 0 Å². The van der Waals surface area contributed by atoms with E-state index in [9.17, 15) is 4.79 Å². The molecule has 1 atom stereocenters. The Bertz CT molecular complexity index is 476. The third kappa shape index (κ3) is 2.88. The quantitative estimate of drug-likeness (QED) is 0.634. The second-order valence-electron chi connectivity index (χ2n) is 5.09. The summed E-state index contributed by atoms with van der Waals surface area (Å²) in [7, 11) is 1.38. The number of aliphatic hydroxyl groups excluding tert-OH is 1. The molecule has 1 aromatic carbocycles. The Balaban J connectivity index is 2.33. The summed E-state index contributed by atoms with van der Waals surface area (Å²) in [6.45, 7) is 1.08. The first-order chi connectivity index (χ1) is 9.69. The molecule has 0 saturated carbocycles. The van der Waals surface area contributed by atoms with Gasteiger partial charge in [0.1, 0.15) is 0 Å². The summed E-state index contributed by atoms with van der Waals surface area (Å²) in [4.78, 5) is 14.1. The van der Waals surface area contributed by atoms with Crippen LogP contribution in [0.3, 0.4) is 0 Å². The molecule has 2 rings (SSSR count). The summed E-state index contributed by atoms with van der Waals surface area (Å²) in [5, 5.41) is 9.00. The van der Waals surface area contributed by atoms with Crippen molar-refractivity contribution < 1.29 is 14.6 Å². The standard InChI is InChI=1S/C15H22N2O3/c1-20-15(19)12-7-2-8-13(16)14(12)17-9-3-5-11(17)6-4-10-18/h2,7-8,11,18H,3-6,9-10,16H2,1H3. The molecule has 0 radical (unpaired) electrons. The maximum absolute atomic E-state index is 11.9. The second kappa shape index (κ2) is 6.61. The van der Waals surface area contributed by atoms with Crippen LogP contribution in [-0.4, -0.2) is 37.4 Å². The van der Waals surface area contributed by atoms with Gasteiger partial charge in [-0.15, -0.1) is 0 Å². The van der Waals surface area contributed by atoms with Gasteiger partial charge in [0.15, 0.2) is 0 Å². The molecular formula is C15H22N2O3. The fourth-order valence-electron chi connectivity index (χ4n) is 2.91. The molecular weight excluding hydrogens is 256 g/mol. The molecule has 1 heterocycles. The third-order valence-corrected chi connectivity index (χ3v) is 3.83.